The van der Waals surface area contributed by atoms with E-state index in [1.165, 1.54) is 17.0 Å². The summed E-state index contributed by atoms with van der Waals surface area (Å²) < 4.78 is 0. The minimum Gasteiger partial charge on any atom is -0.392 e. The predicted octanol–water partition coefficient (Wildman–Crippen LogP) is 1.84. The first-order valence-electron chi connectivity index (χ1n) is 4.67. The lowest BCUT2D eigenvalue weighted by Gasteiger charge is -2.19. The first-order valence-corrected chi connectivity index (χ1v) is 5.43. The number of aliphatic hydroxyl groups excluding tert-OH is 1. The topological polar surface area (TPSA) is 53.4 Å². The highest BCUT2D eigenvalue weighted by Gasteiger charge is 2.17. The number of hydrogen-bond donors (Lipinski definition) is 1. The van der Waals surface area contributed by atoms with Gasteiger partial charge < -0.3 is 10.0 Å². The maximum absolute atomic E-state index is 11.9. The molecule has 0 radical (unpaired) electrons. The molecule has 1 heterocycles. The third-order valence-electron chi connectivity index (χ3n) is 1.93. The Morgan fingerprint density at radius 3 is 2.69 bits per heavy atom. The zero-order chi connectivity index (χ0) is 12.3. The highest BCUT2D eigenvalue weighted by Crippen LogP contribution is 2.18. The van der Waals surface area contributed by atoms with Gasteiger partial charge in [0.2, 0.25) is 0 Å². The number of nitrogens with zero attached hydrogens (tertiary/aromatic N) is 2. The summed E-state index contributed by atoms with van der Waals surface area (Å²) in [6.45, 7) is 1.84. The Kier molecular flexibility index (Phi) is 4.53. The van der Waals surface area contributed by atoms with Crippen LogP contribution in [-0.2, 0) is 0 Å². The van der Waals surface area contributed by atoms with E-state index in [1.54, 1.807) is 14.0 Å². The van der Waals surface area contributed by atoms with Crippen molar-refractivity contribution in [2.75, 3.05) is 13.6 Å². The van der Waals surface area contributed by atoms with Gasteiger partial charge in [0, 0.05) is 13.6 Å². The molecule has 0 aliphatic heterocycles. The van der Waals surface area contributed by atoms with Crippen LogP contribution >= 0.6 is 23.2 Å². The molecular weight excluding hydrogens is 251 g/mol. The van der Waals surface area contributed by atoms with Gasteiger partial charge in [-0.05, 0) is 19.1 Å². The normalized spacial score (nSPS) is 12.3. The van der Waals surface area contributed by atoms with Gasteiger partial charge in [0.1, 0.15) is 10.3 Å². The summed E-state index contributed by atoms with van der Waals surface area (Å²) in [6, 6.07) is 3.01. The summed E-state index contributed by atoms with van der Waals surface area (Å²) in [7, 11) is 1.58. The molecule has 4 nitrogen and oxygen atoms in total. The third-order valence-corrected chi connectivity index (χ3v) is 2.43. The van der Waals surface area contributed by atoms with Crippen LogP contribution in [0, 0.1) is 0 Å². The molecule has 16 heavy (non-hydrogen) atoms. The maximum atomic E-state index is 11.9. The molecule has 1 atom stereocenters. The Morgan fingerprint density at radius 1 is 1.56 bits per heavy atom. The summed E-state index contributed by atoms with van der Waals surface area (Å²) in [6.07, 6.45) is -0.590. The zero-order valence-corrected chi connectivity index (χ0v) is 10.5. The second kappa shape index (κ2) is 5.48. The van der Waals surface area contributed by atoms with Crippen molar-refractivity contribution in [1.82, 2.24) is 9.88 Å². The molecule has 0 aliphatic carbocycles. The van der Waals surface area contributed by atoms with Gasteiger partial charge in [-0.1, -0.05) is 23.2 Å². The van der Waals surface area contributed by atoms with Gasteiger partial charge in [0.05, 0.1) is 11.7 Å². The van der Waals surface area contributed by atoms with Gasteiger partial charge in [-0.15, -0.1) is 0 Å². The Balaban J connectivity index is 2.88. The van der Waals surface area contributed by atoms with Crippen molar-refractivity contribution >= 4 is 29.1 Å². The fourth-order valence-corrected chi connectivity index (χ4v) is 1.68. The molecule has 1 N–H and O–H groups in total. The van der Waals surface area contributed by atoms with Crippen molar-refractivity contribution in [1.29, 1.82) is 0 Å². The highest BCUT2D eigenvalue weighted by atomic mass is 35.5. The number of amides is 1. The zero-order valence-electron chi connectivity index (χ0n) is 8.94. The van der Waals surface area contributed by atoms with Gasteiger partial charge in [0.25, 0.3) is 5.91 Å². The molecule has 1 unspecified atom stereocenters. The van der Waals surface area contributed by atoms with E-state index in [0.717, 1.165) is 0 Å². The maximum Gasteiger partial charge on any atom is 0.256 e. The largest absolute Gasteiger partial charge is 0.392 e. The average Bonchev–Trinajstić information content (AvgIpc) is 2.15. The van der Waals surface area contributed by atoms with Crippen LogP contribution in [0.2, 0.25) is 10.3 Å². The molecule has 0 spiro atoms. The monoisotopic (exact) mass is 262 g/mol. The Hall–Kier alpha value is -0.840. The number of halogens is 2. The van der Waals surface area contributed by atoms with E-state index in [1.807, 2.05) is 0 Å². The smallest absolute Gasteiger partial charge is 0.256 e. The van der Waals surface area contributed by atoms with Crippen LogP contribution in [0.3, 0.4) is 0 Å². The molecular formula is C10H12Cl2N2O2. The average molecular weight is 263 g/mol. The molecule has 0 saturated heterocycles. The van der Waals surface area contributed by atoms with Gasteiger partial charge in [0.15, 0.2) is 0 Å². The molecule has 88 valence electrons. The second-order valence-corrected chi connectivity index (χ2v) is 4.25. The molecule has 6 heteroatoms. The number of carbonyl (C=O) groups excluding carboxylic acids is 1. The summed E-state index contributed by atoms with van der Waals surface area (Å²) in [5.74, 6) is -0.296. The van der Waals surface area contributed by atoms with Crippen LogP contribution < -0.4 is 0 Å². The van der Waals surface area contributed by atoms with Crippen molar-refractivity contribution in [2.24, 2.45) is 0 Å². The third kappa shape index (κ3) is 3.33. The van der Waals surface area contributed by atoms with E-state index < -0.39 is 6.10 Å². The van der Waals surface area contributed by atoms with E-state index in [2.05, 4.69) is 4.98 Å². The van der Waals surface area contributed by atoms with Gasteiger partial charge in [-0.3, -0.25) is 4.79 Å². The van der Waals surface area contributed by atoms with Crippen molar-refractivity contribution in [3.8, 4) is 0 Å². The van der Waals surface area contributed by atoms with E-state index in [0.29, 0.717) is 0 Å². The summed E-state index contributed by atoms with van der Waals surface area (Å²) >= 11 is 11.4. The Labute approximate surface area is 104 Å². The number of rotatable bonds is 3. The standard InChI is InChI=1S/C10H12Cl2N2O2/c1-6(15)5-14(2)10(16)7-3-4-8(11)13-9(7)12/h3-4,6,15H,5H2,1-2H3. The quantitative estimate of drug-likeness (QED) is 0.846. The fourth-order valence-electron chi connectivity index (χ4n) is 1.26. The van der Waals surface area contributed by atoms with Crippen LogP contribution in [0.4, 0.5) is 0 Å². The molecule has 0 saturated carbocycles. The first-order chi connectivity index (χ1) is 7.41. The van der Waals surface area contributed by atoms with Crippen LogP contribution in [0.5, 0.6) is 0 Å². The highest BCUT2D eigenvalue weighted by molar-refractivity contribution is 6.34. The minimum atomic E-state index is -0.590. The van der Waals surface area contributed by atoms with Gasteiger partial charge in [-0.25, -0.2) is 4.98 Å². The van der Waals surface area contributed by atoms with E-state index in [-0.39, 0.29) is 28.3 Å². The number of likely N-dealkylation sites (N-methyl/N-ethyl adjacent to an activating group) is 1. The molecule has 0 fully saturated rings. The van der Waals surface area contributed by atoms with Gasteiger partial charge >= 0.3 is 0 Å². The van der Waals surface area contributed by atoms with Crippen molar-refractivity contribution < 1.29 is 9.90 Å². The molecule has 0 aromatic carbocycles. The van der Waals surface area contributed by atoms with Crippen LogP contribution in [0.15, 0.2) is 12.1 Å². The van der Waals surface area contributed by atoms with E-state index >= 15 is 0 Å². The minimum absolute atomic E-state index is 0.0648. The summed E-state index contributed by atoms with van der Waals surface area (Å²) in [4.78, 5) is 17.0. The molecule has 1 rings (SSSR count). The first kappa shape index (κ1) is 13.2. The summed E-state index contributed by atoms with van der Waals surface area (Å²) in [5.41, 5.74) is 0.272. The van der Waals surface area contributed by atoms with Crippen LogP contribution in [0.1, 0.15) is 17.3 Å². The predicted molar refractivity (Wildman–Crippen MR) is 62.9 cm³/mol. The Morgan fingerprint density at radius 2 is 2.19 bits per heavy atom. The number of carbonyl (C=O) groups is 1. The van der Waals surface area contributed by atoms with Crippen LogP contribution in [0.25, 0.3) is 0 Å². The number of hydrogen-bond acceptors (Lipinski definition) is 3. The number of aromatic nitrogens is 1. The fraction of sp³-hybridized carbons (Fsp3) is 0.400. The van der Waals surface area contributed by atoms with E-state index in [4.69, 9.17) is 28.3 Å². The Bertz CT molecular complexity index is 396. The van der Waals surface area contributed by atoms with Crippen molar-refractivity contribution in [2.45, 2.75) is 13.0 Å². The van der Waals surface area contributed by atoms with Crippen molar-refractivity contribution in [3.05, 3.63) is 28.0 Å². The second-order valence-electron chi connectivity index (χ2n) is 3.51. The molecule has 0 bridgehead atoms. The summed E-state index contributed by atoms with van der Waals surface area (Å²) in [5, 5.41) is 9.47. The molecule has 1 aromatic heterocycles. The molecule has 0 aliphatic rings. The lowest BCUT2D eigenvalue weighted by Crippen LogP contribution is -2.33. The number of aliphatic hydroxyl groups is 1. The lowest BCUT2D eigenvalue weighted by atomic mass is 10.2. The van der Waals surface area contributed by atoms with Crippen LogP contribution in [-0.4, -0.2) is 40.6 Å². The number of pyridine rings is 1. The SMILES string of the molecule is CC(O)CN(C)C(=O)c1ccc(Cl)nc1Cl. The van der Waals surface area contributed by atoms with Gasteiger partial charge in [-0.2, -0.15) is 0 Å². The lowest BCUT2D eigenvalue weighted by molar-refractivity contribution is 0.0703. The van der Waals surface area contributed by atoms with Crippen molar-refractivity contribution in [3.63, 3.8) is 0 Å². The molecule has 1 aromatic rings. The molecule has 1 amide bonds. The van der Waals surface area contributed by atoms with E-state index in [9.17, 15) is 4.79 Å².